The molecule has 0 radical (unpaired) electrons. The minimum Gasteiger partial charge on any atom is -1.00 e. The van der Waals surface area contributed by atoms with E-state index in [-0.39, 0.29) is 164 Å². The van der Waals surface area contributed by atoms with E-state index in [1.165, 1.54) is 5.38 Å². The van der Waals surface area contributed by atoms with Gasteiger partial charge in [0.25, 0.3) is 5.56 Å². The van der Waals surface area contributed by atoms with E-state index >= 15 is 0 Å². The SMILES string of the molecule is O=C(O)c1cs[nH]c1=O.[H-].[H-].[H-].[K+].[K+].[K+]. The van der Waals surface area contributed by atoms with Crippen LogP contribution in [0.4, 0.5) is 0 Å². The van der Waals surface area contributed by atoms with Crippen molar-refractivity contribution in [3.05, 3.63) is 21.3 Å². The summed E-state index contributed by atoms with van der Waals surface area (Å²) in [5, 5.41) is 9.51. The molecule has 12 heavy (non-hydrogen) atoms. The van der Waals surface area contributed by atoms with Crippen LogP contribution in [0.3, 0.4) is 0 Å². The Bertz CT molecular complexity index is 294. The number of hydrogen-bond acceptors (Lipinski definition) is 3. The summed E-state index contributed by atoms with van der Waals surface area (Å²) >= 11 is 0.976. The third-order valence-corrected chi connectivity index (χ3v) is 1.46. The van der Waals surface area contributed by atoms with E-state index < -0.39 is 11.5 Å². The van der Waals surface area contributed by atoms with Gasteiger partial charge in [0.05, 0.1) is 0 Å². The molecule has 0 aliphatic rings. The summed E-state index contributed by atoms with van der Waals surface area (Å²) in [5.41, 5.74) is -0.729. The number of H-pyrrole nitrogens is 1. The Balaban J connectivity index is -0.0000000337. The van der Waals surface area contributed by atoms with E-state index in [2.05, 4.69) is 4.37 Å². The second-order valence-corrected chi connectivity index (χ2v) is 2.06. The van der Waals surface area contributed by atoms with Gasteiger partial charge in [-0.25, -0.2) is 4.79 Å². The summed E-state index contributed by atoms with van der Waals surface area (Å²) < 4.78 is 2.26. The van der Waals surface area contributed by atoms with Crippen LogP contribution in [0.25, 0.3) is 0 Å². The van der Waals surface area contributed by atoms with Crippen molar-refractivity contribution < 1.29 is 168 Å². The minimum absolute atomic E-state index is 0. The van der Waals surface area contributed by atoms with E-state index in [1.54, 1.807) is 0 Å². The van der Waals surface area contributed by atoms with Crippen LogP contribution >= 0.6 is 11.5 Å². The summed E-state index contributed by atoms with van der Waals surface area (Å²) in [6.07, 6.45) is 0. The molecule has 0 aliphatic heterocycles. The number of aromatic nitrogens is 1. The third kappa shape index (κ3) is 7.14. The van der Waals surface area contributed by atoms with Crippen molar-refractivity contribution in [2.45, 2.75) is 0 Å². The fraction of sp³-hybridized carbons (Fsp3) is 0. The number of carbonyl (C=O) groups is 1. The van der Waals surface area contributed by atoms with E-state index in [0.29, 0.717) is 0 Å². The van der Waals surface area contributed by atoms with Gasteiger partial charge in [-0.15, -0.1) is 0 Å². The fourth-order valence-electron chi connectivity index (χ4n) is 0.398. The molecule has 0 atom stereocenters. The average molecular weight is 265 g/mol. The van der Waals surface area contributed by atoms with Gasteiger partial charge in [0, 0.05) is 5.38 Å². The number of carboxylic acids is 1. The maximum atomic E-state index is 10.4. The van der Waals surface area contributed by atoms with E-state index in [4.69, 9.17) is 5.11 Å². The molecule has 0 bridgehead atoms. The van der Waals surface area contributed by atoms with Crippen molar-refractivity contribution in [1.29, 1.82) is 0 Å². The molecule has 0 amide bonds. The number of rotatable bonds is 1. The number of carboxylic acid groups (broad SMARTS) is 1. The summed E-state index contributed by atoms with van der Waals surface area (Å²) in [6.45, 7) is 0. The van der Waals surface area contributed by atoms with Crippen molar-refractivity contribution >= 4 is 17.5 Å². The Labute approximate surface area is 205 Å². The molecule has 0 saturated heterocycles. The smallest absolute Gasteiger partial charge is 1.00 e. The summed E-state index contributed by atoms with van der Waals surface area (Å²) in [5.74, 6) is -1.18. The van der Waals surface area contributed by atoms with Crippen LogP contribution in [-0.2, 0) is 0 Å². The molecule has 0 aliphatic carbocycles. The molecule has 1 aromatic rings. The van der Waals surface area contributed by atoms with Crippen molar-refractivity contribution in [2.24, 2.45) is 0 Å². The molecular weight excluding hydrogens is 259 g/mol. The quantitative estimate of drug-likeness (QED) is 0.496. The van der Waals surface area contributed by atoms with Crippen molar-refractivity contribution in [3.63, 3.8) is 0 Å². The van der Waals surface area contributed by atoms with Crippen LogP contribution in [0.1, 0.15) is 14.6 Å². The minimum atomic E-state index is -1.18. The summed E-state index contributed by atoms with van der Waals surface area (Å²) in [6, 6.07) is 0. The van der Waals surface area contributed by atoms with Gasteiger partial charge < -0.3 is 9.39 Å². The van der Waals surface area contributed by atoms with Crippen LogP contribution in [0.15, 0.2) is 10.2 Å². The van der Waals surface area contributed by atoms with Crippen molar-refractivity contribution in [3.8, 4) is 0 Å². The Kier molecular flexibility index (Phi) is 19.9. The normalized spacial score (nSPS) is 7.00. The van der Waals surface area contributed by atoms with Gasteiger partial charge in [-0.2, -0.15) is 0 Å². The number of aromatic amines is 1. The summed E-state index contributed by atoms with van der Waals surface area (Å²) in [4.78, 5) is 20.5. The first-order valence-corrected chi connectivity index (χ1v) is 2.99. The molecule has 0 saturated carbocycles. The van der Waals surface area contributed by atoms with Gasteiger partial charge in [-0.05, 0) is 0 Å². The molecule has 0 fully saturated rings. The molecule has 8 heteroatoms. The molecule has 1 rings (SSSR count). The standard InChI is InChI=1S/C4H3NO3S.3K.3H/c6-3-2(4(7)8)1-9-5-3;;;;;;/h1H,(H,5,6)(H,7,8);;;;;;/q;3*+1;3*-1. The molecule has 4 nitrogen and oxygen atoms in total. The largest absolute Gasteiger partial charge is 1.00 e. The number of nitrogens with one attached hydrogen (secondary N) is 1. The van der Waals surface area contributed by atoms with Crippen LogP contribution in [0, 0.1) is 0 Å². The van der Waals surface area contributed by atoms with E-state index in [1.807, 2.05) is 0 Å². The van der Waals surface area contributed by atoms with Crippen LogP contribution < -0.4 is 160 Å². The maximum Gasteiger partial charge on any atom is 1.00 e. The fourth-order valence-corrected chi connectivity index (χ4v) is 1.000. The Morgan fingerprint density at radius 3 is 2.17 bits per heavy atom. The van der Waals surface area contributed by atoms with Gasteiger partial charge in [-0.3, -0.25) is 9.17 Å². The monoisotopic (exact) mass is 265 g/mol. The molecule has 1 aromatic heterocycles. The molecule has 0 spiro atoms. The van der Waals surface area contributed by atoms with Gasteiger partial charge >= 0.3 is 160 Å². The maximum absolute atomic E-state index is 10.4. The molecule has 54 valence electrons. The van der Waals surface area contributed by atoms with Crippen LogP contribution in [0.2, 0.25) is 0 Å². The number of hydrogen-bond donors (Lipinski definition) is 2. The Morgan fingerprint density at radius 2 is 2.00 bits per heavy atom. The predicted molar refractivity (Wildman–Crippen MR) is 35.2 cm³/mol. The van der Waals surface area contributed by atoms with Crippen molar-refractivity contribution in [2.75, 3.05) is 0 Å². The average Bonchev–Trinajstić information content (AvgIpc) is 2.13. The van der Waals surface area contributed by atoms with Crippen LogP contribution in [-0.4, -0.2) is 15.4 Å². The molecule has 0 aromatic carbocycles. The Morgan fingerprint density at radius 1 is 1.50 bits per heavy atom. The molecule has 2 N–H and O–H groups in total. The third-order valence-electron chi connectivity index (χ3n) is 0.803. The zero-order valence-electron chi connectivity index (χ0n) is 10.2. The van der Waals surface area contributed by atoms with E-state index in [9.17, 15) is 9.59 Å². The van der Waals surface area contributed by atoms with Gasteiger partial charge in [-0.1, -0.05) is 11.5 Å². The first-order chi connectivity index (χ1) is 4.22. The second kappa shape index (κ2) is 11.3. The van der Waals surface area contributed by atoms with Gasteiger partial charge in [0.2, 0.25) is 0 Å². The first kappa shape index (κ1) is 21.1. The predicted octanol–water partition coefficient (Wildman–Crippen LogP) is -8.52. The zero-order valence-corrected chi connectivity index (χ0v) is 17.4. The topological polar surface area (TPSA) is 70.2 Å². The first-order valence-electron chi connectivity index (χ1n) is 2.11. The second-order valence-electron chi connectivity index (χ2n) is 1.39. The number of aromatic carboxylic acids is 1. The van der Waals surface area contributed by atoms with Gasteiger partial charge in [0.1, 0.15) is 5.56 Å². The van der Waals surface area contributed by atoms with Gasteiger partial charge in [0.15, 0.2) is 0 Å². The molecule has 0 unspecified atom stereocenters. The molecule has 1 heterocycles. The summed E-state index contributed by atoms with van der Waals surface area (Å²) in [7, 11) is 0. The molecular formula is C4H6K3NO3S. The van der Waals surface area contributed by atoms with Crippen molar-refractivity contribution in [1.82, 2.24) is 4.37 Å². The zero-order chi connectivity index (χ0) is 6.85. The van der Waals surface area contributed by atoms with Crippen LogP contribution in [0.5, 0.6) is 0 Å². The van der Waals surface area contributed by atoms with E-state index in [0.717, 1.165) is 11.5 Å². The Hall–Kier alpha value is 3.81.